The number of morpholine rings is 1. The summed E-state index contributed by atoms with van der Waals surface area (Å²) in [7, 11) is 3.93. The zero-order chi connectivity index (χ0) is 25.9. The smallest absolute Gasteiger partial charge is 0.181 e. The molecule has 2 N–H and O–H groups in total. The van der Waals surface area contributed by atoms with Crippen LogP contribution in [0.4, 0.5) is 5.69 Å². The van der Waals surface area contributed by atoms with Crippen molar-refractivity contribution in [3.05, 3.63) is 77.0 Å². The van der Waals surface area contributed by atoms with Crippen molar-refractivity contribution in [1.29, 1.82) is 0 Å². The van der Waals surface area contributed by atoms with Gasteiger partial charge in [0.15, 0.2) is 11.4 Å². The summed E-state index contributed by atoms with van der Waals surface area (Å²) in [6.07, 6.45) is -0.370. The maximum absolute atomic E-state index is 13.0. The summed E-state index contributed by atoms with van der Waals surface area (Å²) in [6.45, 7) is 5.56. The minimum absolute atomic E-state index is 0.0770. The first-order chi connectivity index (χ1) is 17.9. The van der Waals surface area contributed by atoms with Crippen LogP contribution in [-0.4, -0.2) is 77.9 Å². The highest BCUT2D eigenvalue weighted by Gasteiger charge is 2.21. The maximum atomic E-state index is 13.0. The van der Waals surface area contributed by atoms with Crippen LogP contribution in [-0.2, 0) is 11.2 Å². The fraction of sp³-hybridized carbons (Fsp3) is 0.345. The van der Waals surface area contributed by atoms with Crippen molar-refractivity contribution in [2.45, 2.75) is 19.4 Å². The minimum Gasteiger partial charge on any atom is -0.385 e. The normalized spacial score (nSPS) is 15.1. The Labute approximate surface area is 216 Å². The fourth-order valence-electron chi connectivity index (χ4n) is 4.74. The van der Waals surface area contributed by atoms with Gasteiger partial charge in [0.25, 0.3) is 0 Å². The molecule has 0 radical (unpaired) electrons. The fourth-order valence-corrected chi connectivity index (χ4v) is 4.74. The molecule has 1 unspecified atom stereocenters. The van der Waals surface area contributed by atoms with E-state index in [1.54, 1.807) is 0 Å². The molecule has 0 saturated carbocycles. The van der Waals surface area contributed by atoms with Crippen LogP contribution in [0.1, 0.15) is 33.3 Å². The Bertz CT molecular complexity index is 1410. The molecule has 0 aliphatic carbocycles. The summed E-state index contributed by atoms with van der Waals surface area (Å²) in [5, 5.41) is 19.0. The van der Waals surface area contributed by atoms with Crippen molar-refractivity contribution in [2.75, 3.05) is 51.8 Å². The largest absolute Gasteiger partial charge is 0.385 e. The number of aromatic nitrogens is 3. The number of anilines is 1. The van der Waals surface area contributed by atoms with Gasteiger partial charge < -0.3 is 14.7 Å². The quantitative estimate of drug-likeness (QED) is 0.356. The van der Waals surface area contributed by atoms with E-state index >= 15 is 0 Å². The van der Waals surface area contributed by atoms with Crippen LogP contribution in [0, 0.1) is 6.92 Å². The molecule has 1 aliphatic heterocycles. The van der Waals surface area contributed by atoms with Crippen LogP contribution in [0.25, 0.3) is 22.3 Å². The third kappa shape index (κ3) is 5.56. The summed E-state index contributed by atoms with van der Waals surface area (Å²) in [6, 6.07) is 17.7. The first-order valence-corrected chi connectivity index (χ1v) is 12.6. The average Bonchev–Trinajstić information content (AvgIpc) is 3.34. The number of pyridine rings is 1. The van der Waals surface area contributed by atoms with Crippen LogP contribution >= 0.6 is 0 Å². The molecular formula is C29H33N5O3. The van der Waals surface area contributed by atoms with Gasteiger partial charge in [0, 0.05) is 62.4 Å². The molecule has 0 bridgehead atoms. The topological polar surface area (TPSA) is 94.6 Å². The van der Waals surface area contributed by atoms with Gasteiger partial charge in [0.2, 0.25) is 0 Å². The van der Waals surface area contributed by atoms with Gasteiger partial charge in [0.05, 0.1) is 24.6 Å². The molecule has 8 nitrogen and oxygen atoms in total. The van der Waals surface area contributed by atoms with E-state index in [4.69, 9.17) is 9.72 Å². The van der Waals surface area contributed by atoms with Gasteiger partial charge in [-0.25, -0.2) is 4.98 Å². The predicted octanol–water partition coefficient (Wildman–Crippen LogP) is 3.79. The van der Waals surface area contributed by atoms with E-state index < -0.39 is 6.10 Å². The molecule has 192 valence electrons. The molecular weight excluding hydrogens is 466 g/mol. The number of hydrogen-bond donors (Lipinski definition) is 2. The predicted molar refractivity (Wildman–Crippen MR) is 145 cm³/mol. The Balaban J connectivity index is 1.36. The van der Waals surface area contributed by atoms with Gasteiger partial charge in [-0.3, -0.25) is 14.8 Å². The summed E-state index contributed by atoms with van der Waals surface area (Å²) < 4.78 is 5.40. The number of H-pyrrole nitrogens is 1. The van der Waals surface area contributed by atoms with Crippen molar-refractivity contribution in [3.63, 3.8) is 0 Å². The number of aliphatic hydroxyl groups is 1. The number of ketones is 1. The van der Waals surface area contributed by atoms with Crippen molar-refractivity contribution >= 4 is 22.5 Å². The number of Topliss-reactive ketones (excluding diaryl/α,β-unsaturated/α-hetero) is 1. The Morgan fingerprint density at radius 3 is 2.73 bits per heavy atom. The lowest BCUT2D eigenvalue weighted by molar-refractivity contribution is 0.0138. The Morgan fingerprint density at radius 1 is 1.14 bits per heavy atom. The zero-order valence-electron chi connectivity index (χ0n) is 21.6. The number of aromatic amines is 1. The molecule has 3 heterocycles. The molecule has 1 fully saturated rings. The van der Waals surface area contributed by atoms with E-state index in [1.165, 1.54) is 0 Å². The number of rotatable bonds is 8. The van der Waals surface area contributed by atoms with E-state index in [-0.39, 0.29) is 5.78 Å². The molecule has 0 spiro atoms. The molecule has 1 aliphatic rings. The lowest BCUT2D eigenvalue weighted by atomic mass is 9.97. The summed E-state index contributed by atoms with van der Waals surface area (Å²) in [5.41, 5.74) is 6.70. The number of carbonyl (C=O) groups excluding carboxylic acids is 1. The number of nitrogens with one attached hydrogen (secondary N) is 1. The molecule has 2 aromatic carbocycles. The van der Waals surface area contributed by atoms with E-state index in [0.717, 1.165) is 46.5 Å². The Morgan fingerprint density at radius 2 is 1.95 bits per heavy atom. The van der Waals surface area contributed by atoms with E-state index in [1.807, 2.05) is 80.5 Å². The number of nitrogens with zero attached hydrogens (tertiary/aromatic N) is 4. The average molecular weight is 500 g/mol. The highest BCUT2D eigenvalue weighted by atomic mass is 16.5. The van der Waals surface area contributed by atoms with Crippen LogP contribution in [0.2, 0.25) is 0 Å². The second-order valence-corrected chi connectivity index (χ2v) is 9.83. The lowest BCUT2D eigenvalue weighted by Crippen LogP contribution is -2.38. The molecule has 1 saturated heterocycles. The number of β-amino-alcohol motifs (C(OH)–C–C–N with tert-alkyl or cyclic N) is 1. The summed E-state index contributed by atoms with van der Waals surface area (Å²) in [5.74, 6) is 0.0770. The molecule has 0 amide bonds. The van der Waals surface area contributed by atoms with Crippen molar-refractivity contribution in [3.8, 4) is 11.3 Å². The molecule has 5 rings (SSSR count). The second kappa shape index (κ2) is 10.8. The first kappa shape index (κ1) is 25.1. The third-order valence-corrected chi connectivity index (χ3v) is 6.94. The van der Waals surface area contributed by atoms with Crippen molar-refractivity contribution in [1.82, 2.24) is 20.1 Å². The van der Waals surface area contributed by atoms with Crippen LogP contribution in [0.3, 0.4) is 0 Å². The number of aryl methyl sites for hydroxylation is 1. The van der Waals surface area contributed by atoms with Gasteiger partial charge >= 0.3 is 0 Å². The lowest BCUT2D eigenvalue weighted by Gasteiger charge is -2.28. The monoisotopic (exact) mass is 499 g/mol. The highest BCUT2D eigenvalue weighted by molar-refractivity contribution is 5.98. The number of carbonyl (C=O) groups is 1. The second-order valence-electron chi connectivity index (χ2n) is 9.83. The zero-order valence-corrected chi connectivity index (χ0v) is 21.6. The van der Waals surface area contributed by atoms with Gasteiger partial charge in [-0.15, -0.1) is 0 Å². The molecule has 8 heteroatoms. The Kier molecular flexibility index (Phi) is 7.32. The number of hydrogen-bond acceptors (Lipinski definition) is 7. The number of aliphatic hydroxyl groups excluding tert-OH is 1. The van der Waals surface area contributed by atoms with E-state index in [2.05, 4.69) is 15.1 Å². The SMILES string of the molecule is Cc1ccc(CC(=O)c2cccc(N(C)C)c2)cc1-c1ccc2c(C(O)CN3CCOCC3)[nH]nc2n1. The Hall–Kier alpha value is -3.59. The number of fused-ring (bicyclic) bond motifs is 1. The van der Waals surface area contributed by atoms with Crippen molar-refractivity contribution in [2.24, 2.45) is 0 Å². The molecule has 37 heavy (non-hydrogen) atoms. The van der Waals surface area contributed by atoms with Crippen molar-refractivity contribution < 1.29 is 14.6 Å². The van der Waals surface area contributed by atoms with Gasteiger partial charge in [0.1, 0.15) is 6.10 Å². The van der Waals surface area contributed by atoms with Crippen LogP contribution < -0.4 is 4.90 Å². The number of ether oxygens (including phenoxy) is 1. The molecule has 2 aromatic heterocycles. The van der Waals surface area contributed by atoms with Crippen LogP contribution in [0.15, 0.2) is 54.6 Å². The number of benzene rings is 2. The first-order valence-electron chi connectivity index (χ1n) is 12.6. The summed E-state index contributed by atoms with van der Waals surface area (Å²) in [4.78, 5) is 22.0. The highest BCUT2D eigenvalue weighted by Crippen LogP contribution is 2.28. The van der Waals surface area contributed by atoms with E-state index in [9.17, 15) is 9.90 Å². The van der Waals surface area contributed by atoms with Gasteiger partial charge in [-0.2, -0.15) is 5.10 Å². The standard InChI is InChI=1S/C29H33N5O3/c1-19-7-8-20(16-26(35)21-5-4-6-22(17-21)33(2)3)15-24(19)25-10-9-23-28(31-32-29(23)30-25)27(36)18-34-11-13-37-14-12-34/h4-10,15,17,27,36H,11-14,16,18H2,1-3H3,(H,30,31,32). The van der Waals surface area contributed by atoms with Gasteiger partial charge in [-0.1, -0.05) is 24.3 Å². The molecule has 4 aromatic rings. The third-order valence-electron chi connectivity index (χ3n) is 6.94. The van der Waals surface area contributed by atoms with E-state index in [0.29, 0.717) is 43.1 Å². The van der Waals surface area contributed by atoms with Crippen LogP contribution in [0.5, 0.6) is 0 Å². The maximum Gasteiger partial charge on any atom is 0.181 e. The van der Waals surface area contributed by atoms with Gasteiger partial charge in [-0.05, 0) is 48.4 Å². The minimum atomic E-state index is -0.683. The molecule has 1 atom stereocenters. The summed E-state index contributed by atoms with van der Waals surface area (Å²) >= 11 is 0.